The van der Waals surface area contributed by atoms with Crippen LogP contribution in [-0.2, 0) is 43.5 Å². The molecule has 46 heavy (non-hydrogen) atoms. The van der Waals surface area contributed by atoms with E-state index in [-0.39, 0.29) is 36.9 Å². The molecule has 4 aromatic rings. The van der Waals surface area contributed by atoms with Crippen molar-refractivity contribution in [2.24, 2.45) is 0 Å². The summed E-state index contributed by atoms with van der Waals surface area (Å²) in [5.41, 5.74) is 3.12. The van der Waals surface area contributed by atoms with Gasteiger partial charge in [-0.1, -0.05) is 126 Å². The molecule has 0 saturated carbocycles. The fourth-order valence-electron chi connectivity index (χ4n) is 4.93. The fourth-order valence-corrected chi connectivity index (χ4v) is 5.10. The molecule has 5 rings (SSSR count). The zero-order chi connectivity index (χ0) is 32.4. The molecule has 1 fully saturated rings. The number of amides is 1. The van der Waals surface area contributed by atoms with Crippen molar-refractivity contribution in [3.63, 3.8) is 0 Å². The number of nitrogens with one attached hydrogen (secondary N) is 2. The first-order valence-corrected chi connectivity index (χ1v) is 15.5. The highest BCUT2D eigenvalue weighted by Crippen LogP contribution is 2.41. The van der Waals surface area contributed by atoms with Crippen molar-refractivity contribution in [1.29, 1.82) is 5.26 Å². The highest BCUT2D eigenvalue weighted by molar-refractivity contribution is 6.67. The van der Waals surface area contributed by atoms with Gasteiger partial charge in [0.2, 0.25) is 3.79 Å². The smallest absolute Gasteiger partial charge is 0.411 e. The van der Waals surface area contributed by atoms with Gasteiger partial charge >= 0.3 is 6.09 Å². The number of halogens is 3. The molecule has 1 aliphatic rings. The van der Waals surface area contributed by atoms with Crippen LogP contribution in [0, 0.1) is 11.3 Å². The number of alkyl halides is 3. The van der Waals surface area contributed by atoms with Gasteiger partial charge in [0, 0.05) is 0 Å². The third-order valence-electron chi connectivity index (χ3n) is 7.05. The zero-order valence-electron chi connectivity index (χ0n) is 24.5. The topological polar surface area (TPSA) is 128 Å². The fraction of sp³-hybridized carbons (Fsp3) is 0.303. The number of nitriles is 1. The number of aromatic amines is 1. The van der Waals surface area contributed by atoms with Crippen LogP contribution in [-0.4, -0.2) is 51.6 Å². The predicted molar refractivity (Wildman–Crippen MR) is 172 cm³/mol. The molecule has 0 aliphatic carbocycles. The summed E-state index contributed by atoms with van der Waals surface area (Å²) in [6.45, 7) is 0.530. The first-order valence-electron chi connectivity index (χ1n) is 14.4. The number of ether oxygens (including phenoxy) is 5. The van der Waals surface area contributed by atoms with Gasteiger partial charge in [-0.05, 0) is 16.7 Å². The summed E-state index contributed by atoms with van der Waals surface area (Å²) < 4.78 is 28.9. The van der Waals surface area contributed by atoms with Crippen LogP contribution in [0.5, 0.6) is 0 Å². The molecule has 0 radical (unpaired) electrons. The van der Waals surface area contributed by atoms with E-state index < -0.39 is 40.9 Å². The Balaban J connectivity index is 1.44. The van der Waals surface area contributed by atoms with Crippen molar-refractivity contribution in [3.8, 4) is 6.07 Å². The third-order valence-corrected chi connectivity index (χ3v) is 7.38. The van der Waals surface area contributed by atoms with E-state index in [4.69, 9.17) is 58.5 Å². The summed E-state index contributed by atoms with van der Waals surface area (Å²) >= 11 is 17.2. The zero-order valence-corrected chi connectivity index (χ0v) is 26.8. The Kier molecular flexibility index (Phi) is 11.9. The normalized spacial score (nSPS) is 19.4. The number of hydrogen-bond acceptors (Lipinski definition) is 8. The minimum atomic E-state index is -1.82. The number of hydrogen-bond donors (Lipinski definition) is 2. The maximum absolute atomic E-state index is 12.7. The van der Waals surface area contributed by atoms with Gasteiger partial charge in [-0.2, -0.15) is 10.4 Å². The number of H-pyrrole nitrogens is 1. The van der Waals surface area contributed by atoms with Gasteiger partial charge in [0.05, 0.1) is 32.1 Å². The molecule has 13 heteroatoms. The minimum absolute atomic E-state index is 0.0443. The van der Waals surface area contributed by atoms with Gasteiger partial charge in [0.15, 0.2) is 5.69 Å². The molecule has 240 valence electrons. The SMILES string of the molecule is N#Cc1n[nH]c([C@@H]2O[C@H](COCc3ccccc3)[C@@H](OCc3ccccc3)[C@H]2OCc2ccccc2)c1NC(=O)OCC(Cl)(Cl)Cl. The summed E-state index contributed by atoms with van der Waals surface area (Å²) in [5.74, 6) is 0. The Morgan fingerprint density at radius 3 is 1.96 bits per heavy atom. The number of anilines is 1. The second-order valence-corrected chi connectivity index (χ2v) is 12.9. The lowest BCUT2D eigenvalue weighted by molar-refractivity contribution is -0.0898. The van der Waals surface area contributed by atoms with Crippen molar-refractivity contribution in [2.75, 3.05) is 18.5 Å². The highest BCUT2D eigenvalue weighted by Gasteiger charge is 2.49. The van der Waals surface area contributed by atoms with E-state index >= 15 is 0 Å². The van der Waals surface area contributed by atoms with Crippen LogP contribution < -0.4 is 5.32 Å². The quantitative estimate of drug-likeness (QED) is 0.144. The summed E-state index contributed by atoms with van der Waals surface area (Å²) in [6, 6.07) is 31.1. The minimum Gasteiger partial charge on any atom is -0.445 e. The first-order chi connectivity index (χ1) is 22.3. The lowest BCUT2D eigenvalue weighted by Crippen LogP contribution is -2.38. The van der Waals surface area contributed by atoms with E-state index in [1.807, 2.05) is 97.1 Å². The van der Waals surface area contributed by atoms with E-state index in [1.54, 1.807) is 0 Å². The lowest BCUT2D eigenvalue weighted by Gasteiger charge is -2.25. The van der Waals surface area contributed by atoms with Crippen molar-refractivity contribution >= 4 is 46.6 Å². The molecule has 4 atom stereocenters. The van der Waals surface area contributed by atoms with E-state index in [9.17, 15) is 10.1 Å². The lowest BCUT2D eigenvalue weighted by atomic mass is 10.0. The van der Waals surface area contributed by atoms with Crippen LogP contribution in [0.1, 0.15) is 34.2 Å². The van der Waals surface area contributed by atoms with Gasteiger partial charge in [0.1, 0.15) is 42.8 Å². The summed E-state index contributed by atoms with van der Waals surface area (Å²) in [6.07, 6.45) is -3.77. The Morgan fingerprint density at radius 2 is 1.41 bits per heavy atom. The van der Waals surface area contributed by atoms with E-state index in [0.29, 0.717) is 6.61 Å². The molecular formula is C33H31Cl3N4O6. The van der Waals surface area contributed by atoms with Gasteiger partial charge < -0.3 is 23.7 Å². The average Bonchev–Trinajstić information content (AvgIpc) is 3.62. The third kappa shape index (κ3) is 9.44. The Bertz CT molecular complexity index is 1580. The van der Waals surface area contributed by atoms with Gasteiger partial charge in [-0.3, -0.25) is 10.4 Å². The number of carbonyl (C=O) groups is 1. The molecule has 1 aliphatic heterocycles. The second kappa shape index (κ2) is 16.3. The average molecular weight is 686 g/mol. The molecule has 0 spiro atoms. The molecule has 1 amide bonds. The second-order valence-electron chi connectivity index (χ2n) is 10.4. The monoisotopic (exact) mass is 684 g/mol. The number of carbonyl (C=O) groups excluding carboxylic acids is 1. The summed E-state index contributed by atoms with van der Waals surface area (Å²) in [7, 11) is 0. The number of nitrogens with zero attached hydrogens (tertiary/aromatic N) is 2. The number of rotatable bonds is 13. The first kappa shape index (κ1) is 33.7. The molecule has 1 saturated heterocycles. The standard InChI is InChI=1S/C33H31Cl3N4O6/c34-33(35,36)21-45-32(41)38-27-25(16-37)39-40-28(27)30-31(44-19-24-14-8-3-9-15-24)29(43-18-23-12-6-2-7-13-23)26(46-30)20-42-17-22-10-4-1-5-11-22/h1-15,26,29-31H,17-21H2,(H,38,41)(H,39,40)/t26-,29-,30+,31-/m1/s1. The van der Waals surface area contributed by atoms with Gasteiger partial charge in [0.25, 0.3) is 0 Å². The van der Waals surface area contributed by atoms with Crippen LogP contribution in [0.2, 0.25) is 0 Å². The van der Waals surface area contributed by atoms with Crippen LogP contribution in [0.15, 0.2) is 91.0 Å². The Hall–Kier alpha value is -3.66. The number of benzene rings is 3. The van der Waals surface area contributed by atoms with Crippen LogP contribution in [0.3, 0.4) is 0 Å². The maximum atomic E-state index is 12.7. The molecule has 3 aromatic carbocycles. The molecule has 0 unspecified atom stereocenters. The number of aromatic nitrogens is 2. The van der Waals surface area contributed by atoms with Crippen molar-refractivity contribution in [1.82, 2.24) is 10.2 Å². The summed E-state index contributed by atoms with van der Waals surface area (Å²) in [4.78, 5) is 12.7. The van der Waals surface area contributed by atoms with E-state index in [0.717, 1.165) is 16.7 Å². The maximum Gasteiger partial charge on any atom is 0.411 e. The largest absolute Gasteiger partial charge is 0.445 e. The van der Waals surface area contributed by atoms with Gasteiger partial charge in [-0.15, -0.1) is 0 Å². The van der Waals surface area contributed by atoms with Crippen molar-refractivity contribution in [2.45, 2.75) is 48.0 Å². The molecule has 2 N–H and O–H groups in total. The van der Waals surface area contributed by atoms with E-state index in [2.05, 4.69) is 15.5 Å². The molecule has 1 aromatic heterocycles. The summed E-state index contributed by atoms with van der Waals surface area (Å²) in [5, 5.41) is 19.3. The van der Waals surface area contributed by atoms with Crippen molar-refractivity contribution in [3.05, 3.63) is 119 Å². The van der Waals surface area contributed by atoms with Crippen LogP contribution in [0.25, 0.3) is 0 Å². The van der Waals surface area contributed by atoms with E-state index in [1.165, 1.54) is 0 Å². The molecule has 0 bridgehead atoms. The Labute approximate surface area is 281 Å². The van der Waals surface area contributed by atoms with Gasteiger partial charge in [-0.25, -0.2) is 4.79 Å². The van der Waals surface area contributed by atoms with Crippen molar-refractivity contribution < 1.29 is 28.5 Å². The highest BCUT2D eigenvalue weighted by atomic mass is 35.6. The molecular weight excluding hydrogens is 655 g/mol. The molecule has 2 heterocycles. The molecule has 10 nitrogen and oxygen atoms in total. The van der Waals surface area contributed by atoms with Crippen LogP contribution in [0.4, 0.5) is 10.5 Å². The predicted octanol–water partition coefficient (Wildman–Crippen LogP) is 7.03. The Morgan fingerprint density at radius 1 is 0.870 bits per heavy atom. The van der Waals surface area contributed by atoms with Crippen LogP contribution >= 0.6 is 34.8 Å².